The molecule has 0 fully saturated rings. The molecule has 2 aromatic carbocycles. The first-order valence-electron chi connectivity index (χ1n) is 18.2. The predicted octanol–water partition coefficient (Wildman–Crippen LogP) is 8.20. The summed E-state index contributed by atoms with van der Waals surface area (Å²) < 4.78 is 12.7. The number of rotatable bonds is 15. The number of benzene rings is 2. The molecule has 1 amide bonds. The van der Waals surface area contributed by atoms with Gasteiger partial charge in [-0.2, -0.15) is 0 Å². The number of pyridine rings is 2. The number of ketones is 2. The fourth-order valence-corrected chi connectivity index (χ4v) is 7.84. The molecule has 0 saturated heterocycles. The standard InChI is InChI=1S/C29H28N2O5S.C14H16N2O3S/c1-19-16-30-24-15-26(37-27(24)20(19)2)25(32)14-13-23(28(33)35-17-21-9-5-3-6-10-21)31-29(34)36-18-22-11-7-4-8-12-22;1-7-6-16-10-5-12(20-13(10)8(7)2)11(17)4-3-9(15)14(18)19/h3-12,15-16,23H,13-14,17-18H2,1-2H3,(H,31,34);5-6,9H,3-4,15H2,1-2H3,(H,18,19)/t23-;9-/m11/s1. The van der Waals surface area contributed by atoms with Crippen molar-refractivity contribution in [1.29, 1.82) is 0 Å². The molecule has 296 valence electrons. The number of thiophene rings is 2. The number of hydrogen-bond donors (Lipinski definition) is 3. The Hall–Kier alpha value is -5.83. The first-order valence-corrected chi connectivity index (χ1v) is 19.9. The van der Waals surface area contributed by atoms with Gasteiger partial charge in [-0.1, -0.05) is 60.7 Å². The Bertz CT molecular complexity index is 2380. The topological polar surface area (TPSA) is 188 Å². The molecule has 57 heavy (non-hydrogen) atoms. The van der Waals surface area contributed by atoms with E-state index in [-0.39, 0.29) is 50.5 Å². The maximum Gasteiger partial charge on any atom is 0.408 e. The van der Waals surface area contributed by atoms with Gasteiger partial charge >= 0.3 is 18.0 Å². The van der Waals surface area contributed by atoms with Crippen LogP contribution in [0.25, 0.3) is 20.4 Å². The van der Waals surface area contributed by atoms with Crippen molar-refractivity contribution >= 4 is 72.7 Å². The fraction of sp³-hybridized carbons (Fsp3) is 0.279. The number of carboxylic acid groups (broad SMARTS) is 1. The number of aliphatic carboxylic acids is 1. The summed E-state index contributed by atoms with van der Waals surface area (Å²) in [5, 5.41) is 11.3. The second-order valence-electron chi connectivity index (χ2n) is 13.5. The summed E-state index contributed by atoms with van der Waals surface area (Å²) in [5.74, 6) is -1.91. The molecule has 4 N–H and O–H groups in total. The highest BCUT2D eigenvalue weighted by atomic mass is 32.1. The van der Waals surface area contributed by atoms with E-state index >= 15 is 0 Å². The van der Waals surface area contributed by atoms with Gasteiger partial charge in [-0.25, -0.2) is 9.59 Å². The summed E-state index contributed by atoms with van der Waals surface area (Å²) in [5.41, 5.74) is 13.0. The molecular formula is C43H44N4O8S2. The minimum Gasteiger partial charge on any atom is -0.480 e. The molecule has 0 spiro atoms. The molecule has 4 heterocycles. The number of aryl methyl sites for hydroxylation is 4. The van der Waals surface area contributed by atoms with Crippen LogP contribution in [0, 0.1) is 27.7 Å². The number of aromatic nitrogens is 2. The Kier molecular flexibility index (Phi) is 14.7. The van der Waals surface area contributed by atoms with Crippen molar-refractivity contribution in [2.24, 2.45) is 5.73 Å². The van der Waals surface area contributed by atoms with Crippen molar-refractivity contribution in [2.75, 3.05) is 0 Å². The maximum absolute atomic E-state index is 13.0. The average molecular weight is 809 g/mol. The number of nitrogens with one attached hydrogen (secondary N) is 1. The lowest BCUT2D eigenvalue weighted by Crippen LogP contribution is -2.42. The van der Waals surface area contributed by atoms with Gasteiger partial charge < -0.3 is 25.6 Å². The van der Waals surface area contributed by atoms with Gasteiger partial charge in [0.1, 0.15) is 25.3 Å². The molecule has 6 rings (SSSR count). The third kappa shape index (κ3) is 11.6. The number of esters is 1. The third-order valence-electron chi connectivity index (χ3n) is 9.31. The van der Waals surface area contributed by atoms with Crippen LogP contribution in [0.4, 0.5) is 4.79 Å². The number of carbonyl (C=O) groups is 5. The summed E-state index contributed by atoms with van der Waals surface area (Å²) in [6.07, 6.45) is 3.24. The number of ether oxygens (including phenoxy) is 2. The number of carbonyl (C=O) groups excluding carboxylic acids is 4. The Morgan fingerprint density at radius 3 is 1.63 bits per heavy atom. The van der Waals surface area contributed by atoms with Gasteiger partial charge in [0.15, 0.2) is 11.6 Å². The second kappa shape index (κ2) is 19.9. The SMILES string of the molecule is Cc1cnc2cc(C(=O)CC[C@@H](N)C(=O)O)sc2c1C.Cc1cnc2cc(C(=O)CC[C@@H](NC(=O)OCc3ccccc3)C(=O)OCc3ccccc3)sc2c1C. The van der Waals surface area contributed by atoms with Crippen molar-refractivity contribution < 1.29 is 38.6 Å². The van der Waals surface area contributed by atoms with Crippen molar-refractivity contribution in [3.8, 4) is 0 Å². The quantitative estimate of drug-likeness (QED) is 0.0670. The van der Waals surface area contributed by atoms with E-state index in [2.05, 4.69) is 15.3 Å². The fourth-order valence-electron chi connectivity index (χ4n) is 5.57. The summed E-state index contributed by atoms with van der Waals surface area (Å²) in [7, 11) is 0. The zero-order valence-corrected chi connectivity index (χ0v) is 33.7. The van der Waals surface area contributed by atoms with Crippen molar-refractivity contribution in [3.05, 3.63) is 128 Å². The smallest absolute Gasteiger partial charge is 0.408 e. The Balaban J connectivity index is 0.000000261. The number of nitrogens with zero attached hydrogens (tertiary/aromatic N) is 2. The minimum absolute atomic E-state index is 0.0505. The van der Waals surface area contributed by atoms with Gasteiger partial charge in [-0.3, -0.25) is 24.4 Å². The Morgan fingerprint density at radius 2 is 1.16 bits per heavy atom. The lowest BCUT2D eigenvalue weighted by molar-refractivity contribution is -0.147. The van der Waals surface area contributed by atoms with Gasteiger partial charge in [0.05, 0.1) is 30.2 Å². The number of alkyl carbamates (subject to hydrolysis) is 1. The van der Waals surface area contributed by atoms with Gasteiger partial charge in [0.2, 0.25) is 0 Å². The highest BCUT2D eigenvalue weighted by molar-refractivity contribution is 7.21. The number of fused-ring (bicyclic) bond motifs is 2. The second-order valence-corrected chi connectivity index (χ2v) is 15.6. The minimum atomic E-state index is -1.08. The molecule has 4 aromatic heterocycles. The van der Waals surface area contributed by atoms with Crippen LogP contribution in [-0.4, -0.2) is 56.8 Å². The molecule has 0 aliphatic rings. The maximum atomic E-state index is 13.0. The van der Waals surface area contributed by atoms with Gasteiger partial charge in [0.25, 0.3) is 0 Å². The first-order chi connectivity index (χ1) is 27.3. The molecule has 0 unspecified atom stereocenters. The van der Waals surface area contributed by atoms with Crippen molar-refractivity contribution in [1.82, 2.24) is 15.3 Å². The summed E-state index contributed by atoms with van der Waals surface area (Å²) in [6, 6.07) is 20.0. The van der Waals surface area contributed by atoms with Crippen LogP contribution in [0.3, 0.4) is 0 Å². The van der Waals surface area contributed by atoms with E-state index in [0.717, 1.165) is 53.8 Å². The monoisotopic (exact) mass is 808 g/mol. The average Bonchev–Trinajstić information content (AvgIpc) is 3.87. The molecule has 0 aliphatic carbocycles. The normalized spacial score (nSPS) is 11.9. The lowest BCUT2D eigenvalue weighted by Gasteiger charge is -2.17. The van der Waals surface area contributed by atoms with Gasteiger partial charge in [0, 0.05) is 25.2 Å². The summed E-state index contributed by atoms with van der Waals surface area (Å²) in [6.45, 7) is 8.10. The van der Waals surface area contributed by atoms with E-state index in [4.69, 9.17) is 20.3 Å². The van der Waals surface area contributed by atoms with Crippen LogP contribution < -0.4 is 11.1 Å². The molecule has 12 nitrogen and oxygen atoms in total. The number of Topliss-reactive ketones (excluding diaryl/α,β-unsaturated/α-hetero) is 2. The number of hydrogen-bond acceptors (Lipinski definition) is 12. The van der Waals surface area contributed by atoms with Crippen LogP contribution in [-0.2, 0) is 32.3 Å². The van der Waals surface area contributed by atoms with Crippen LogP contribution >= 0.6 is 22.7 Å². The first kappa shape index (κ1) is 42.3. The van der Waals surface area contributed by atoms with Crippen LogP contribution in [0.2, 0.25) is 0 Å². The lowest BCUT2D eigenvalue weighted by atomic mass is 10.1. The predicted molar refractivity (Wildman–Crippen MR) is 221 cm³/mol. The summed E-state index contributed by atoms with van der Waals surface area (Å²) in [4.78, 5) is 71.0. The van der Waals surface area contributed by atoms with E-state index in [1.165, 1.54) is 22.7 Å². The molecular weight excluding hydrogens is 765 g/mol. The van der Waals surface area contributed by atoms with E-state index < -0.39 is 30.1 Å². The Labute approximate surface area is 338 Å². The highest BCUT2D eigenvalue weighted by Crippen LogP contribution is 2.31. The van der Waals surface area contributed by atoms with E-state index in [9.17, 15) is 24.0 Å². The van der Waals surface area contributed by atoms with E-state index in [1.54, 1.807) is 24.5 Å². The molecule has 0 aliphatic heterocycles. The number of amides is 1. The summed E-state index contributed by atoms with van der Waals surface area (Å²) >= 11 is 2.80. The Morgan fingerprint density at radius 1 is 0.702 bits per heavy atom. The van der Waals surface area contributed by atoms with Gasteiger partial charge in [-0.15, -0.1) is 22.7 Å². The third-order valence-corrected chi connectivity index (χ3v) is 11.9. The van der Waals surface area contributed by atoms with Crippen LogP contribution in [0.15, 0.2) is 85.2 Å². The molecule has 2 atom stereocenters. The molecule has 0 bridgehead atoms. The van der Waals surface area contributed by atoms with Crippen LogP contribution in [0.1, 0.15) is 78.4 Å². The van der Waals surface area contributed by atoms with E-state index in [0.29, 0.717) is 9.75 Å². The van der Waals surface area contributed by atoms with Gasteiger partial charge in [-0.05, 0) is 86.1 Å². The highest BCUT2D eigenvalue weighted by Gasteiger charge is 2.25. The molecule has 0 radical (unpaired) electrons. The van der Waals surface area contributed by atoms with E-state index in [1.807, 2.05) is 88.4 Å². The van der Waals surface area contributed by atoms with Crippen molar-refractivity contribution in [2.45, 2.75) is 78.7 Å². The number of carboxylic acids is 1. The number of nitrogens with two attached hydrogens (primary N) is 1. The largest absolute Gasteiger partial charge is 0.480 e. The van der Waals surface area contributed by atoms with Crippen molar-refractivity contribution in [3.63, 3.8) is 0 Å². The zero-order valence-electron chi connectivity index (χ0n) is 32.1. The molecule has 0 saturated carbocycles. The van der Waals surface area contributed by atoms with Crippen LogP contribution in [0.5, 0.6) is 0 Å². The zero-order chi connectivity index (χ0) is 41.1. The molecule has 14 heteroatoms. The molecule has 6 aromatic rings.